The predicted octanol–water partition coefficient (Wildman–Crippen LogP) is 6.76. The molecule has 4 aromatic rings. The van der Waals surface area contributed by atoms with Crippen LogP contribution in [0.15, 0.2) is 78.9 Å². The third kappa shape index (κ3) is 4.51. The molecule has 5 heteroatoms. The minimum atomic E-state index is 0. The van der Waals surface area contributed by atoms with E-state index in [4.69, 9.17) is 14.5 Å². The molecule has 0 amide bonds. The van der Waals surface area contributed by atoms with Crippen LogP contribution in [0.5, 0.6) is 17.2 Å². The lowest BCUT2D eigenvalue weighted by molar-refractivity contribution is 0.414. The van der Waals surface area contributed by atoms with Gasteiger partial charge in [0.25, 0.3) is 0 Å². The van der Waals surface area contributed by atoms with Crippen LogP contribution in [0.2, 0.25) is 0 Å². The third-order valence-electron chi connectivity index (χ3n) is 5.98. The van der Waals surface area contributed by atoms with Crippen LogP contribution in [0.25, 0.3) is 10.9 Å². The zero-order valence-corrected chi connectivity index (χ0v) is 19.1. The van der Waals surface area contributed by atoms with E-state index in [2.05, 4.69) is 54.3 Å². The maximum Gasteiger partial charge on any atom is 0.128 e. The van der Waals surface area contributed by atoms with Gasteiger partial charge in [-0.2, -0.15) is 0 Å². The van der Waals surface area contributed by atoms with Crippen molar-refractivity contribution in [1.82, 2.24) is 4.98 Å². The number of pyridine rings is 1. The summed E-state index contributed by atoms with van der Waals surface area (Å²) in [4.78, 5) is 7.24. The van der Waals surface area contributed by atoms with Gasteiger partial charge in [-0.3, -0.25) is 4.98 Å². The molecular weight excluding hydrogens is 420 g/mol. The maximum atomic E-state index is 6.09. The lowest BCUT2D eigenvalue weighted by Gasteiger charge is -2.22. The van der Waals surface area contributed by atoms with Crippen molar-refractivity contribution in [3.05, 3.63) is 90.1 Å². The van der Waals surface area contributed by atoms with Gasteiger partial charge in [0, 0.05) is 35.8 Å². The second-order valence-electron chi connectivity index (χ2n) is 8.08. The number of fused-ring (bicyclic) bond motifs is 1. The Morgan fingerprint density at radius 1 is 0.875 bits per heavy atom. The second-order valence-corrected chi connectivity index (χ2v) is 8.08. The summed E-state index contributed by atoms with van der Waals surface area (Å²) in [5.41, 5.74) is 4.64. The molecule has 0 bridgehead atoms. The zero-order valence-electron chi connectivity index (χ0n) is 18.3. The number of rotatable bonds is 5. The molecule has 2 heterocycles. The van der Waals surface area contributed by atoms with Crippen molar-refractivity contribution in [2.24, 2.45) is 0 Å². The number of aryl methyl sites for hydroxylation is 1. The van der Waals surface area contributed by atoms with E-state index < -0.39 is 0 Å². The monoisotopic (exact) mass is 446 g/mol. The average Bonchev–Trinajstić information content (AvgIpc) is 3.30. The van der Waals surface area contributed by atoms with Crippen molar-refractivity contribution in [3.8, 4) is 17.2 Å². The van der Waals surface area contributed by atoms with Crippen LogP contribution < -0.4 is 14.4 Å². The van der Waals surface area contributed by atoms with E-state index in [0.717, 1.165) is 53.4 Å². The molecule has 0 aliphatic carbocycles. The molecule has 1 atom stereocenters. The van der Waals surface area contributed by atoms with Crippen LogP contribution in [0.4, 0.5) is 5.69 Å². The van der Waals surface area contributed by atoms with E-state index in [1.807, 2.05) is 36.4 Å². The Bertz CT molecular complexity index is 1200. The quantitative estimate of drug-likeness (QED) is 0.339. The molecule has 1 unspecified atom stereocenters. The molecule has 164 valence electrons. The fourth-order valence-electron chi connectivity index (χ4n) is 4.39. The largest absolute Gasteiger partial charge is 0.497 e. The van der Waals surface area contributed by atoms with Crippen molar-refractivity contribution in [2.45, 2.75) is 19.3 Å². The predicted molar refractivity (Wildman–Crippen MR) is 133 cm³/mol. The minimum Gasteiger partial charge on any atom is -0.497 e. The van der Waals surface area contributed by atoms with Crippen molar-refractivity contribution in [1.29, 1.82) is 0 Å². The van der Waals surface area contributed by atoms with Crippen molar-refractivity contribution >= 4 is 29.0 Å². The van der Waals surface area contributed by atoms with Crippen molar-refractivity contribution < 1.29 is 9.47 Å². The number of ether oxygens (including phenoxy) is 2. The molecule has 0 radical (unpaired) electrons. The van der Waals surface area contributed by atoms with E-state index in [-0.39, 0.29) is 12.4 Å². The molecule has 1 saturated heterocycles. The van der Waals surface area contributed by atoms with Gasteiger partial charge >= 0.3 is 0 Å². The highest BCUT2D eigenvalue weighted by Gasteiger charge is 2.25. The topological polar surface area (TPSA) is 34.6 Å². The fourth-order valence-corrected chi connectivity index (χ4v) is 4.39. The molecule has 1 aliphatic heterocycles. The van der Waals surface area contributed by atoms with E-state index in [1.165, 1.54) is 11.3 Å². The molecule has 1 aliphatic rings. The van der Waals surface area contributed by atoms with Gasteiger partial charge in [0.1, 0.15) is 17.2 Å². The van der Waals surface area contributed by atoms with Crippen LogP contribution in [-0.2, 0) is 0 Å². The smallest absolute Gasteiger partial charge is 0.128 e. The van der Waals surface area contributed by atoms with Gasteiger partial charge in [0.05, 0.1) is 12.6 Å². The summed E-state index contributed by atoms with van der Waals surface area (Å²) in [6, 6.07) is 26.7. The number of halogens is 1. The fraction of sp³-hybridized carbons (Fsp3) is 0.222. The molecule has 1 aromatic heterocycles. The Balaban J connectivity index is 0.00000245. The van der Waals surface area contributed by atoms with Gasteiger partial charge in [0.15, 0.2) is 0 Å². The van der Waals surface area contributed by atoms with Gasteiger partial charge in [0.2, 0.25) is 0 Å². The normalized spacial score (nSPS) is 15.4. The summed E-state index contributed by atoms with van der Waals surface area (Å²) in [6.45, 7) is 4.09. The molecule has 3 aromatic carbocycles. The average molecular weight is 447 g/mol. The van der Waals surface area contributed by atoms with Gasteiger partial charge < -0.3 is 14.4 Å². The van der Waals surface area contributed by atoms with E-state index >= 15 is 0 Å². The Morgan fingerprint density at radius 2 is 1.62 bits per heavy atom. The highest BCUT2D eigenvalue weighted by atomic mass is 35.5. The summed E-state index contributed by atoms with van der Waals surface area (Å²) in [5.74, 6) is 3.08. The first-order chi connectivity index (χ1) is 15.2. The molecule has 0 spiro atoms. The number of aromatic nitrogens is 1. The SMILES string of the molecule is COc1ccc(C2CCN(c3cc(C)nc4ccc(Oc5ccccc5)cc34)C2)cc1.Cl. The Labute approximate surface area is 195 Å². The minimum absolute atomic E-state index is 0. The number of anilines is 1. The number of hydrogen-bond acceptors (Lipinski definition) is 4. The second kappa shape index (κ2) is 9.49. The number of hydrogen-bond donors (Lipinski definition) is 0. The van der Waals surface area contributed by atoms with E-state index in [9.17, 15) is 0 Å². The summed E-state index contributed by atoms with van der Waals surface area (Å²) in [7, 11) is 1.71. The highest BCUT2D eigenvalue weighted by Crippen LogP contribution is 2.37. The van der Waals surface area contributed by atoms with E-state index in [1.54, 1.807) is 7.11 Å². The first kappa shape index (κ1) is 22.0. The molecule has 0 N–H and O–H groups in total. The molecule has 4 nitrogen and oxygen atoms in total. The van der Waals surface area contributed by atoms with Crippen LogP contribution in [0, 0.1) is 6.92 Å². The number of methoxy groups -OCH3 is 1. The number of nitrogens with zero attached hydrogens (tertiary/aromatic N) is 2. The van der Waals surface area contributed by atoms with Gasteiger partial charge in [-0.1, -0.05) is 30.3 Å². The van der Waals surface area contributed by atoms with Gasteiger partial charge in [-0.15, -0.1) is 12.4 Å². The molecule has 0 saturated carbocycles. The lowest BCUT2D eigenvalue weighted by Crippen LogP contribution is -2.19. The van der Waals surface area contributed by atoms with Crippen LogP contribution >= 0.6 is 12.4 Å². The number of para-hydroxylation sites is 1. The molecule has 1 fully saturated rings. The molecular formula is C27H27ClN2O2. The molecule has 32 heavy (non-hydrogen) atoms. The van der Waals surface area contributed by atoms with Crippen LogP contribution in [-0.4, -0.2) is 25.2 Å². The summed E-state index contributed by atoms with van der Waals surface area (Å²) in [5, 5.41) is 1.13. The van der Waals surface area contributed by atoms with Crippen molar-refractivity contribution in [2.75, 3.05) is 25.1 Å². The van der Waals surface area contributed by atoms with Crippen molar-refractivity contribution in [3.63, 3.8) is 0 Å². The van der Waals surface area contributed by atoms with Gasteiger partial charge in [-0.05, 0) is 67.4 Å². The third-order valence-corrected chi connectivity index (χ3v) is 5.98. The summed E-state index contributed by atoms with van der Waals surface area (Å²) in [6.07, 6.45) is 1.13. The summed E-state index contributed by atoms with van der Waals surface area (Å²) < 4.78 is 11.4. The Morgan fingerprint density at radius 3 is 2.38 bits per heavy atom. The molecule has 5 rings (SSSR count). The zero-order chi connectivity index (χ0) is 21.2. The number of benzene rings is 3. The van der Waals surface area contributed by atoms with Crippen LogP contribution in [0.1, 0.15) is 23.6 Å². The standard InChI is InChI=1S/C27H26N2O2.ClH/c1-19-16-27(29-15-14-21(18-29)20-8-10-22(30-2)11-9-20)25-17-24(12-13-26(25)28-19)31-23-6-4-3-5-7-23;/h3-13,16-17,21H,14-15,18H2,1-2H3;1H. The lowest BCUT2D eigenvalue weighted by atomic mass is 9.98. The first-order valence-corrected chi connectivity index (χ1v) is 10.7. The first-order valence-electron chi connectivity index (χ1n) is 10.7. The highest BCUT2D eigenvalue weighted by molar-refractivity contribution is 5.93. The van der Waals surface area contributed by atoms with E-state index in [0.29, 0.717) is 5.92 Å². The Kier molecular flexibility index (Phi) is 6.52. The summed E-state index contributed by atoms with van der Waals surface area (Å²) >= 11 is 0. The Hall–Kier alpha value is -3.24. The maximum absolute atomic E-state index is 6.09. The van der Waals surface area contributed by atoms with Crippen LogP contribution in [0.3, 0.4) is 0 Å². The van der Waals surface area contributed by atoms with Gasteiger partial charge in [-0.25, -0.2) is 0 Å².